The van der Waals surface area contributed by atoms with E-state index in [2.05, 4.69) is 20.2 Å². The summed E-state index contributed by atoms with van der Waals surface area (Å²) >= 11 is 7.73. The van der Waals surface area contributed by atoms with Crippen LogP contribution >= 0.6 is 23.4 Å². The van der Waals surface area contributed by atoms with E-state index in [1.54, 1.807) is 24.4 Å². The molecule has 2 atom stereocenters. The van der Waals surface area contributed by atoms with Crippen LogP contribution in [0.25, 0.3) is 0 Å². The van der Waals surface area contributed by atoms with E-state index >= 15 is 0 Å². The van der Waals surface area contributed by atoms with Crippen LogP contribution in [0.3, 0.4) is 0 Å². The van der Waals surface area contributed by atoms with Crippen LogP contribution in [-0.4, -0.2) is 58.8 Å². The lowest BCUT2D eigenvalue weighted by Gasteiger charge is -2.41. The zero-order chi connectivity index (χ0) is 25.2. The summed E-state index contributed by atoms with van der Waals surface area (Å²) in [7, 11) is 0. The van der Waals surface area contributed by atoms with Gasteiger partial charge >= 0.3 is 5.97 Å². The Kier molecular flexibility index (Phi) is 7.70. The Morgan fingerprint density at radius 2 is 2.09 bits per heavy atom. The second-order valence-corrected chi connectivity index (χ2v) is 10.4. The molecule has 0 unspecified atom stereocenters. The smallest absolute Gasteiger partial charge is 0.303 e. The van der Waals surface area contributed by atoms with Crippen molar-refractivity contribution in [2.45, 2.75) is 54.7 Å². The van der Waals surface area contributed by atoms with Crippen molar-refractivity contribution in [2.24, 2.45) is 11.1 Å². The van der Waals surface area contributed by atoms with Gasteiger partial charge in [0, 0.05) is 35.9 Å². The summed E-state index contributed by atoms with van der Waals surface area (Å²) in [5.41, 5.74) is 13.1. The summed E-state index contributed by atoms with van der Waals surface area (Å²) in [6, 6.07) is 5.21. The van der Waals surface area contributed by atoms with Gasteiger partial charge in [0.25, 0.3) is 0 Å². The van der Waals surface area contributed by atoms with Crippen LogP contribution in [0.5, 0.6) is 0 Å². The zero-order valence-corrected chi connectivity index (χ0v) is 20.9. The normalized spacial score (nSPS) is 21.3. The van der Waals surface area contributed by atoms with Gasteiger partial charge in [-0.05, 0) is 31.9 Å². The number of nitrogens with one attached hydrogen (secondary N) is 1. The zero-order valence-electron chi connectivity index (χ0n) is 19.4. The molecule has 0 radical (unpaired) electrons. The number of benzene rings is 1. The number of piperidine rings is 1. The number of halogens is 1. The maximum absolute atomic E-state index is 12.0. The topological polar surface area (TPSA) is 157 Å². The highest BCUT2D eigenvalue weighted by atomic mass is 35.5. The molecule has 1 aromatic carbocycles. The molecule has 35 heavy (non-hydrogen) atoms. The number of carbonyl (C=O) groups is 2. The molecule has 0 aliphatic carbocycles. The number of rotatable bonds is 7. The number of nitrogens with zero attached hydrogens (tertiary/aromatic N) is 3. The summed E-state index contributed by atoms with van der Waals surface area (Å²) in [5, 5.41) is 12.2. The molecule has 1 amide bonds. The molecule has 4 rings (SSSR count). The van der Waals surface area contributed by atoms with E-state index in [-0.39, 0.29) is 36.2 Å². The molecule has 2 saturated heterocycles. The third-order valence-electron chi connectivity index (χ3n) is 6.69. The predicted octanol–water partition coefficient (Wildman–Crippen LogP) is 3.00. The lowest BCUT2D eigenvalue weighted by atomic mass is 9.73. The van der Waals surface area contributed by atoms with Crippen molar-refractivity contribution in [3.05, 3.63) is 29.4 Å². The molecule has 3 heterocycles. The molecule has 12 heteroatoms. The van der Waals surface area contributed by atoms with Gasteiger partial charge in [-0.2, -0.15) is 0 Å². The Hall–Kier alpha value is -2.60. The Labute approximate surface area is 212 Å². The van der Waals surface area contributed by atoms with E-state index in [0.29, 0.717) is 33.1 Å². The second kappa shape index (κ2) is 10.6. The van der Waals surface area contributed by atoms with Crippen LogP contribution in [0.2, 0.25) is 5.02 Å². The Bertz CT molecular complexity index is 1110. The van der Waals surface area contributed by atoms with Crippen LogP contribution in [0, 0.1) is 5.41 Å². The number of hydrogen-bond acceptors (Lipinski definition) is 9. The van der Waals surface area contributed by atoms with E-state index < -0.39 is 11.9 Å². The minimum atomic E-state index is -1.04. The van der Waals surface area contributed by atoms with Gasteiger partial charge in [-0.3, -0.25) is 9.59 Å². The predicted molar refractivity (Wildman–Crippen MR) is 135 cm³/mol. The molecule has 6 N–H and O–H groups in total. The highest BCUT2D eigenvalue weighted by molar-refractivity contribution is 7.99. The number of carboxylic acid groups (broad SMARTS) is 1. The first kappa shape index (κ1) is 25.5. The molecular weight excluding hydrogens is 492 g/mol. The number of aromatic nitrogens is 2. The number of carbonyl (C=O) groups excluding carboxylic acids is 1. The van der Waals surface area contributed by atoms with Gasteiger partial charge in [0.2, 0.25) is 5.91 Å². The summed E-state index contributed by atoms with van der Waals surface area (Å²) in [6.07, 6.45) is 3.24. The fourth-order valence-electron chi connectivity index (χ4n) is 4.49. The molecule has 2 aliphatic heterocycles. The summed E-state index contributed by atoms with van der Waals surface area (Å²) < 4.78 is 5.80. The van der Waals surface area contributed by atoms with Crippen molar-refractivity contribution in [1.29, 1.82) is 0 Å². The largest absolute Gasteiger partial charge is 0.481 e. The number of nitrogen functional groups attached to an aromatic ring is 1. The van der Waals surface area contributed by atoms with E-state index in [1.165, 1.54) is 11.8 Å². The molecule has 1 aromatic heterocycles. The van der Waals surface area contributed by atoms with E-state index in [9.17, 15) is 9.59 Å². The highest BCUT2D eigenvalue weighted by Crippen LogP contribution is 2.42. The third-order valence-corrected chi connectivity index (χ3v) is 8.28. The molecular formula is C23H29ClN6O4S. The maximum atomic E-state index is 12.0. The van der Waals surface area contributed by atoms with E-state index in [1.807, 2.05) is 6.92 Å². The van der Waals surface area contributed by atoms with Crippen molar-refractivity contribution in [3.63, 3.8) is 0 Å². The van der Waals surface area contributed by atoms with Gasteiger partial charge in [-0.1, -0.05) is 29.4 Å². The Balaban J connectivity index is 1.41. The fourth-order valence-corrected chi connectivity index (χ4v) is 5.59. The molecule has 0 saturated carbocycles. The first-order valence-corrected chi connectivity index (χ1v) is 12.6. The van der Waals surface area contributed by atoms with E-state index in [0.717, 1.165) is 25.9 Å². The number of anilines is 3. The first-order valence-electron chi connectivity index (χ1n) is 11.4. The third kappa shape index (κ3) is 5.64. The van der Waals surface area contributed by atoms with Gasteiger partial charge in [0.1, 0.15) is 10.8 Å². The summed E-state index contributed by atoms with van der Waals surface area (Å²) in [5.74, 6) is -0.465. The van der Waals surface area contributed by atoms with Gasteiger partial charge in [-0.15, -0.1) is 0 Å². The number of aliphatic carboxylic acids is 1. The van der Waals surface area contributed by atoms with E-state index in [4.69, 9.17) is 32.9 Å². The lowest BCUT2D eigenvalue weighted by molar-refractivity contribution is -0.138. The minimum Gasteiger partial charge on any atom is -0.481 e. The first-order chi connectivity index (χ1) is 16.7. The molecule has 2 aliphatic rings. The van der Waals surface area contributed by atoms with Crippen molar-refractivity contribution in [2.75, 3.05) is 35.6 Å². The number of ether oxygens (including phenoxy) is 1. The quantitative estimate of drug-likeness (QED) is 0.427. The highest BCUT2D eigenvalue weighted by Gasteiger charge is 2.47. The average molecular weight is 521 g/mol. The van der Waals surface area contributed by atoms with Crippen LogP contribution in [-0.2, 0) is 14.3 Å². The molecule has 10 nitrogen and oxygen atoms in total. The van der Waals surface area contributed by atoms with Gasteiger partial charge in [-0.25, -0.2) is 9.97 Å². The lowest BCUT2D eigenvalue weighted by Crippen LogP contribution is -2.50. The van der Waals surface area contributed by atoms with Gasteiger partial charge in [0.05, 0.1) is 36.0 Å². The standard InChI is InChI=1S/C23H29ClN6O4S/c1-13-20(25)23(12-34-13)7-9-30(10-8-23)16-11-27-22(21(26)29-16)35-15-4-2-3-14(19(15)24)28-17(31)5-6-18(32)33/h2-4,11,13,20H,5-10,12,25H2,1H3,(H2,26,29)(H,28,31)(H,32,33)/t13-,20+/m0/s1. The van der Waals surface area contributed by atoms with Gasteiger partial charge in [0.15, 0.2) is 5.82 Å². The maximum Gasteiger partial charge on any atom is 0.303 e. The molecule has 2 fully saturated rings. The van der Waals surface area contributed by atoms with Crippen LogP contribution < -0.4 is 21.7 Å². The van der Waals surface area contributed by atoms with Crippen LogP contribution in [0.4, 0.5) is 17.3 Å². The number of hydrogen-bond donors (Lipinski definition) is 4. The average Bonchev–Trinajstić information content (AvgIpc) is 3.10. The molecule has 1 spiro atoms. The number of carboxylic acids is 1. The minimum absolute atomic E-state index is 0.0233. The summed E-state index contributed by atoms with van der Waals surface area (Å²) in [4.78, 5) is 34.6. The van der Waals surface area contributed by atoms with Crippen molar-refractivity contribution in [3.8, 4) is 0 Å². The van der Waals surface area contributed by atoms with Crippen molar-refractivity contribution >= 4 is 52.6 Å². The monoisotopic (exact) mass is 520 g/mol. The van der Waals surface area contributed by atoms with Crippen molar-refractivity contribution < 1.29 is 19.4 Å². The number of nitrogens with two attached hydrogens (primary N) is 2. The van der Waals surface area contributed by atoms with Crippen LogP contribution in [0.1, 0.15) is 32.6 Å². The number of amides is 1. The Morgan fingerprint density at radius 3 is 2.71 bits per heavy atom. The SMILES string of the molecule is C[C@@H]1OCC2(CCN(c3cnc(Sc4cccc(NC(=O)CCC(=O)O)c4Cl)c(N)n3)CC2)[C@@H]1N. The summed E-state index contributed by atoms with van der Waals surface area (Å²) in [6.45, 7) is 4.34. The molecule has 2 aromatic rings. The van der Waals surface area contributed by atoms with Gasteiger partial charge < -0.3 is 31.5 Å². The molecule has 188 valence electrons. The fraction of sp³-hybridized carbons (Fsp3) is 0.478. The van der Waals surface area contributed by atoms with Crippen LogP contribution in [0.15, 0.2) is 34.3 Å². The molecule has 0 bridgehead atoms. The Morgan fingerprint density at radius 1 is 1.34 bits per heavy atom. The van der Waals surface area contributed by atoms with Crippen molar-refractivity contribution in [1.82, 2.24) is 9.97 Å². The second-order valence-electron chi connectivity index (χ2n) is 8.97.